The molecule has 0 aromatic heterocycles. The molecule has 1 aliphatic carbocycles. The number of sulfonamides is 1. The summed E-state index contributed by atoms with van der Waals surface area (Å²) < 4.78 is 37.4. The van der Waals surface area contributed by atoms with Gasteiger partial charge >= 0.3 is 0 Å². The molecule has 0 aliphatic heterocycles. The predicted molar refractivity (Wildman–Crippen MR) is 80.8 cm³/mol. The van der Waals surface area contributed by atoms with Gasteiger partial charge in [0.05, 0.1) is 12.8 Å². The van der Waals surface area contributed by atoms with Crippen LogP contribution < -0.4 is 15.2 Å². The number of anilines is 1. The van der Waals surface area contributed by atoms with Gasteiger partial charge < -0.3 is 15.2 Å². The van der Waals surface area contributed by atoms with Crippen molar-refractivity contribution >= 4 is 15.7 Å². The van der Waals surface area contributed by atoms with Crippen LogP contribution >= 0.6 is 0 Å². The van der Waals surface area contributed by atoms with Crippen LogP contribution in [0.2, 0.25) is 0 Å². The van der Waals surface area contributed by atoms with E-state index in [-0.39, 0.29) is 16.0 Å². The van der Waals surface area contributed by atoms with E-state index in [2.05, 4.69) is 4.72 Å². The molecule has 2 rings (SSSR count). The van der Waals surface area contributed by atoms with Crippen molar-refractivity contribution in [3.05, 3.63) is 18.2 Å². The third-order valence-corrected chi connectivity index (χ3v) is 5.41. The molecule has 1 aromatic carbocycles. The van der Waals surface area contributed by atoms with E-state index in [4.69, 9.17) is 15.2 Å². The normalized spacial score (nSPS) is 16.7. The predicted octanol–water partition coefficient (Wildman–Crippen LogP) is 1.37. The number of methoxy groups -OCH3 is 2. The van der Waals surface area contributed by atoms with Crippen LogP contribution in [0.4, 0.5) is 5.69 Å². The lowest BCUT2D eigenvalue weighted by atomic mass is 10.0. The van der Waals surface area contributed by atoms with E-state index in [1.165, 1.54) is 19.2 Å². The van der Waals surface area contributed by atoms with Gasteiger partial charge in [-0.3, -0.25) is 0 Å². The fraction of sp³-hybridized carbons (Fsp3) is 0.571. The molecule has 0 atom stereocenters. The van der Waals surface area contributed by atoms with Crippen molar-refractivity contribution in [2.24, 2.45) is 5.41 Å². The third kappa shape index (κ3) is 3.87. The highest BCUT2D eigenvalue weighted by molar-refractivity contribution is 7.89. The highest BCUT2D eigenvalue weighted by Crippen LogP contribution is 2.48. The van der Waals surface area contributed by atoms with Gasteiger partial charge in [0.2, 0.25) is 10.0 Å². The summed E-state index contributed by atoms with van der Waals surface area (Å²) in [6.45, 7) is 1.07. The van der Waals surface area contributed by atoms with Crippen molar-refractivity contribution in [3.63, 3.8) is 0 Å². The minimum Gasteiger partial charge on any atom is -0.497 e. The Kier molecular flexibility index (Phi) is 4.75. The smallest absolute Gasteiger partial charge is 0.242 e. The molecule has 0 unspecified atom stereocenters. The molecule has 1 aromatic rings. The zero-order chi connectivity index (χ0) is 15.5. The summed E-state index contributed by atoms with van der Waals surface area (Å²) in [6, 6.07) is 4.56. The van der Waals surface area contributed by atoms with Crippen molar-refractivity contribution in [1.29, 1.82) is 0 Å². The molecule has 0 saturated heterocycles. The summed E-state index contributed by atoms with van der Waals surface area (Å²) in [7, 11) is -0.447. The number of rotatable bonds is 8. The summed E-state index contributed by atoms with van der Waals surface area (Å²) in [6.07, 6.45) is 2.91. The molecule has 0 heterocycles. The maximum Gasteiger partial charge on any atom is 0.242 e. The molecule has 1 saturated carbocycles. The van der Waals surface area contributed by atoms with Gasteiger partial charge in [-0.25, -0.2) is 13.1 Å². The van der Waals surface area contributed by atoms with Gasteiger partial charge in [0.1, 0.15) is 10.6 Å². The highest BCUT2D eigenvalue weighted by Gasteiger charge is 2.42. The Morgan fingerprint density at radius 1 is 1.33 bits per heavy atom. The SMILES string of the molecule is COCCC1(CNS(=O)(=O)c2ccc(OC)cc2N)CC1. The largest absolute Gasteiger partial charge is 0.497 e. The zero-order valence-electron chi connectivity index (χ0n) is 12.4. The summed E-state index contributed by atoms with van der Waals surface area (Å²) in [4.78, 5) is 0.0887. The molecule has 3 N–H and O–H groups in total. The van der Waals surface area contributed by atoms with E-state index < -0.39 is 10.0 Å². The first-order valence-electron chi connectivity index (χ1n) is 6.85. The van der Waals surface area contributed by atoms with Crippen LogP contribution in [0, 0.1) is 5.41 Å². The van der Waals surface area contributed by atoms with Crippen molar-refractivity contribution in [2.45, 2.75) is 24.2 Å². The lowest BCUT2D eigenvalue weighted by molar-refractivity contribution is 0.173. The number of nitrogen functional groups attached to an aromatic ring is 1. The van der Waals surface area contributed by atoms with Crippen LogP contribution in [-0.2, 0) is 14.8 Å². The van der Waals surface area contributed by atoms with Gasteiger partial charge in [-0.15, -0.1) is 0 Å². The maximum absolute atomic E-state index is 12.3. The Labute approximate surface area is 125 Å². The average molecular weight is 314 g/mol. The molecule has 0 bridgehead atoms. The minimum absolute atomic E-state index is 0.0459. The van der Waals surface area contributed by atoms with Crippen molar-refractivity contribution < 1.29 is 17.9 Å². The molecule has 118 valence electrons. The quantitative estimate of drug-likeness (QED) is 0.707. The number of hydrogen-bond acceptors (Lipinski definition) is 5. The number of benzene rings is 1. The lowest BCUT2D eigenvalue weighted by Gasteiger charge is -2.16. The zero-order valence-corrected chi connectivity index (χ0v) is 13.2. The first kappa shape index (κ1) is 16.1. The molecule has 0 amide bonds. The molecule has 1 fully saturated rings. The summed E-state index contributed by atoms with van der Waals surface area (Å²) >= 11 is 0. The maximum atomic E-state index is 12.3. The monoisotopic (exact) mass is 314 g/mol. The lowest BCUT2D eigenvalue weighted by Crippen LogP contribution is -2.31. The minimum atomic E-state index is -3.61. The Bertz CT molecular complexity index is 597. The average Bonchev–Trinajstić information content (AvgIpc) is 3.23. The van der Waals surface area contributed by atoms with Crippen molar-refractivity contribution in [3.8, 4) is 5.75 Å². The van der Waals surface area contributed by atoms with Gasteiger partial charge in [-0.1, -0.05) is 0 Å². The molecule has 1 aliphatic rings. The molecule has 0 radical (unpaired) electrons. The van der Waals surface area contributed by atoms with Crippen molar-refractivity contribution in [2.75, 3.05) is 33.1 Å². The fourth-order valence-electron chi connectivity index (χ4n) is 2.23. The summed E-state index contributed by atoms with van der Waals surface area (Å²) in [5.74, 6) is 0.533. The van der Waals surface area contributed by atoms with Crippen LogP contribution in [0.25, 0.3) is 0 Å². The first-order chi connectivity index (χ1) is 9.92. The number of nitrogens with one attached hydrogen (secondary N) is 1. The molecular formula is C14H22N2O4S. The van der Waals surface area contributed by atoms with E-state index in [1.807, 2.05) is 0 Å². The Balaban J connectivity index is 2.05. The number of hydrogen-bond donors (Lipinski definition) is 2. The van der Waals surface area contributed by atoms with Gasteiger partial charge in [-0.2, -0.15) is 0 Å². The van der Waals surface area contributed by atoms with E-state index in [0.717, 1.165) is 19.3 Å². The van der Waals surface area contributed by atoms with Crippen LogP contribution in [0.15, 0.2) is 23.1 Å². The second-order valence-electron chi connectivity index (χ2n) is 5.47. The van der Waals surface area contributed by atoms with E-state index in [0.29, 0.717) is 18.9 Å². The molecule has 21 heavy (non-hydrogen) atoms. The molecular weight excluding hydrogens is 292 g/mol. The highest BCUT2D eigenvalue weighted by atomic mass is 32.2. The Morgan fingerprint density at radius 2 is 2.05 bits per heavy atom. The van der Waals surface area contributed by atoms with E-state index in [9.17, 15) is 8.42 Å². The third-order valence-electron chi connectivity index (χ3n) is 3.94. The molecule has 7 heteroatoms. The second kappa shape index (κ2) is 6.21. The Hall–Kier alpha value is -1.31. The van der Waals surface area contributed by atoms with E-state index >= 15 is 0 Å². The van der Waals surface area contributed by atoms with Crippen LogP contribution in [-0.4, -0.2) is 35.8 Å². The van der Waals surface area contributed by atoms with Crippen LogP contribution in [0.5, 0.6) is 5.75 Å². The standard InChI is InChI=1S/C14H22N2O4S/c1-19-8-7-14(5-6-14)10-16-21(17,18)13-4-3-11(20-2)9-12(13)15/h3-4,9,16H,5-8,10,15H2,1-2H3. The number of nitrogens with two attached hydrogens (primary N) is 1. The topological polar surface area (TPSA) is 90.6 Å². The molecule has 0 spiro atoms. The van der Waals surface area contributed by atoms with Crippen LogP contribution in [0.3, 0.4) is 0 Å². The summed E-state index contributed by atoms with van der Waals surface area (Å²) in [5, 5.41) is 0. The van der Waals surface area contributed by atoms with Gasteiger partial charge in [0.15, 0.2) is 0 Å². The molecule has 6 nitrogen and oxygen atoms in total. The van der Waals surface area contributed by atoms with Gasteiger partial charge in [-0.05, 0) is 36.8 Å². The Morgan fingerprint density at radius 3 is 2.57 bits per heavy atom. The van der Waals surface area contributed by atoms with Gasteiger partial charge in [0.25, 0.3) is 0 Å². The fourth-order valence-corrected chi connectivity index (χ4v) is 3.50. The van der Waals surface area contributed by atoms with Crippen molar-refractivity contribution in [1.82, 2.24) is 4.72 Å². The van der Waals surface area contributed by atoms with Gasteiger partial charge in [0, 0.05) is 26.3 Å². The van der Waals surface area contributed by atoms with Crippen LogP contribution in [0.1, 0.15) is 19.3 Å². The second-order valence-corrected chi connectivity index (χ2v) is 7.21. The van der Waals surface area contributed by atoms with E-state index in [1.54, 1.807) is 13.2 Å². The number of ether oxygens (including phenoxy) is 2. The summed E-state index contributed by atoms with van der Waals surface area (Å²) in [5.41, 5.74) is 6.03. The first-order valence-corrected chi connectivity index (χ1v) is 8.33.